The second-order valence-electron chi connectivity index (χ2n) is 10.4. The molecule has 4 aliphatic heterocycles. The van der Waals surface area contributed by atoms with Crippen LogP contribution in [0.2, 0.25) is 0 Å². The van der Waals surface area contributed by atoms with Gasteiger partial charge in [0.2, 0.25) is 11.8 Å². The number of carbonyl (C=O) groups is 4. The number of hydrogen-bond acceptors (Lipinski definition) is 6. The summed E-state index contributed by atoms with van der Waals surface area (Å²) in [6, 6.07) is 4.55. The molecule has 0 radical (unpaired) electrons. The van der Waals surface area contributed by atoms with Gasteiger partial charge < -0.3 is 5.32 Å². The maximum atomic E-state index is 13.1. The molecule has 4 fully saturated rings. The van der Waals surface area contributed by atoms with Gasteiger partial charge in [0.15, 0.2) is 0 Å². The van der Waals surface area contributed by atoms with Crippen LogP contribution in [-0.4, -0.2) is 64.6 Å². The molecule has 8 heteroatoms. The highest BCUT2D eigenvalue weighted by molar-refractivity contribution is 6.23. The number of nitrogens with zero attached hydrogens (tertiary/aromatic N) is 2. The Morgan fingerprint density at radius 2 is 1.82 bits per heavy atom. The quantitative estimate of drug-likeness (QED) is 0.674. The number of hydrogen-bond donors (Lipinski definition) is 2. The molecule has 4 atom stereocenters. The van der Waals surface area contributed by atoms with Crippen LogP contribution in [0.15, 0.2) is 18.2 Å². The summed E-state index contributed by atoms with van der Waals surface area (Å²) in [5.41, 5.74) is 2.08. The first kappa shape index (κ1) is 21.0. The number of likely N-dealkylation sites (tertiary alicyclic amines) is 1. The monoisotopic (exact) mass is 450 g/mol. The highest BCUT2D eigenvalue weighted by Gasteiger charge is 2.54. The van der Waals surface area contributed by atoms with E-state index in [1.165, 1.54) is 32.1 Å². The molecule has 1 aliphatic carbocycles. The molecular formula is C25H30N4O4. The van der Waals surface area contributed by atoms with E-state index < -0.39 is 23.8 Å². The van der Waals surface area contributed by atoms with Crippen LogP contribution in [0.1, 0.15) is 71.2 Å². The SMILES string of the molecule is O=C1CCC(N2C(=O)c3ccc(CN4CCCC(C56CCC5CCN6)C4)cc3C2=O)C(=O)N1. The minimum absolute atomic E-state index is 0.127. The molecule has 5 aliphatic rings. The molecule has 6 rings (SSSR count). The molecule has 4 amide bonds. The van der Waals surface area contributed by atoms with Crippen molar-refractivity contribution in [1.29, 1.82) is 0 Å². The summed E-state index contributed by atoms with van der Waals surface area (Å²) in [6.45, 7) is 4.01. The van der Waals surface area contributed by atoms with Gasteiger partial charge in [0.05, 0.1) is 11.1 Å². The van der Waals surface area contributed by atoms with Crippen LogP contribution in [-0.2, 0) is 16.1 Å². The van der Waals surface area contributed by atoms with E-state index >= 15 is 0 Å². The summed E-state index contributed by atoms with van der Waals surface area (Å²) in [5, 5.41) is 6.08. The molecule has 1 aromatic carbocycles. The molecule has 1 aromatic rings. The van der Waals surface area contributed by atoms with Crippen molar-refractivity contribution in [3.8, 4) is 0 Å². The minimum Gasteiger partial charge on any atom is -0.311 e. The Labute approximate surface area is 193 Å². The predicted octanol–water partition coefficient (Wildman–Crippen LogP) is 1.44. The highest BCUT2D eigenvalue weighted by atomic mass is 16.2. The van der Waals surface area contributed by atoms with E-state index in [0.717, 1.165) is 42.6 Å². The number of rotatable bonds is 4. The molecule has 0 bridgehead atoms. The van der Waals surface area contributed by atoms with E-state index in [4.69, 9.17) is 0 Å². The molecule has 174 valence electrons. The van der Waals surface area contributed by atoms with Crippen molar-refractivity contribution in [1.82, 2.24) is 20.4 Å². The molecule has 1 saturated carbocycles. The molecular weight excluding hydrogens is 420 g/mol. The summed E-state index contributed by atoms with van der Waals surface area (Å²) in [7, 11) is 0. The largest absolute Gasteiger partial charge is 0.311 e. The Morgan fingerprint density at radius 3 is 2.58 bits per heavy atom. The number of nitrogens with one attached hydrogen (secondary N) is 2. The Bertz CT molecular complexity index is 1050. The molecule has 4 unspecified atom stereocenters. The first-order valence-electron chi connectivity index (χ1n) is 12.3. The van der Waals surface area contributed by atoms with E-state index in [-0.39, 0.29) is 18.7 Å². The molecule has 0 spiro atoms. The lowest BCUT2D eigenvalue weighted by Crippen LogP contribution is -2.61. The lowest BCUT2D eigenvalue weighted by Gasteiger charge is -2.53. The third kappa shape index (κ3) is 3.26. The summed E-state index contributed by atoms with van der Waals surface area (Å²) in [6.07, 6.45) is 6.72. The van der Waals surface area contributed by atoms with Crippen LogP contribution in [0.5, 0.6) is 0 Å². The Kier molecular flexibility index (Phi) is 4.92. The number of carbonyl (C=O) groups excluding carboxylic acids is 4. The first-order valence-corrected chi connectivity index (χ1v) is 12.3. The third-order valence-electron chi connectivity index (χ3n) is 8.73. The molecule has 0 aromatic heterocycles. The van der Waals surface area contributed by atoms with E-state index in [0.29, 0.717) is 22.6 Å². The van der Waals surface area contributed by atoms with Crippen LogP contribution < -0.4 is 10.6 Å². The van der Waals surface area contributed by atoms with Crippen LogP contribution in [0, 0.1) is 11.8 Å². The van der Waals surface area contributed by atoms with E-state index in [2.05, 4.69) is 15.5 Å². The lowest BCUT2D eigenvalue weighted by molar-refractivity contribution is -0.136. The van der Waals surface area contributed by atoms with E-state index in [1.54, 1.807) is 6.07 Å². The van der Waals surface area contributed by atoms with Crippen molar-refractivity contribution in [2.45, 2.75) is 63.1 Å². The first-order chi connectivity index (χ1) is 16.0. The van der Waals surface area contributed by atoms with Gasteiger partial charge in [-0.15, -0.1) is 0 Å². The average Bonchev–Trinajstić information content (AvgIpc) is 3.21. The van der Waals surface area contributed by atoms with Crippen molar-refractivity contribution in [2.75, 3.05) is 19.6 Å². The average molecular weight is 451 g/mol. The normalized spacial score (nSPS) is 34.2. The Balaban J connectivity index is 1.17. The van der Waals surface area contributed by atoms with Gasteiger partial charge in [-0.3, -0.25) is 34.3 Å². The van der Waals surface area contributed by atoms with Gasteiger partial charge in [0.25, 0.3) is 11.8 Å². The standard InChI is InChI=1S/C25H30N4O4/c30-21-6-5-20(22(31)27-21)29-23(32)18-4-3-15(12-19(18)24(29)33)13-28-11-1-2-17(14-28)25-9-7-16(25)8-10-26-25/h3-4,12,16-17,20,26H,1-2,5-11,13-14H2,(H,27,30,31). The highest BCUT2D eigenvalue weighted by Crippen LogP contribution is 2.51. The van der Waals surface area contributed by atoms with Crippen molar-refractivity contribution in [3.63, 3.8) is 0 Å². The Morgan fingerprint density at radius 1 is 0.970 bits per heavy atom. The molecule has 2 N–H and O–H groups in total. The van der Waals surface area contributed by atoms with Gasteiger partial charge >= 0.3 is 0 Å². The van der Waals surface area contributed by atoms with Gasteiger partial charge in [0, 0.05) is 25.0 Å². The van der Waals surface area contributed by atoms with Crippen LogP contribution in [0.4, 0.5) is 0 Å². The zero-order valence-corrected chi connectivity index (χ0v) is 18.8. The summed E-state index contributed by atoms with van der Waals surface area (Å²) in [5.74, 6) is -0.312. The Hall–Kier alpha value is -2.58. The van der Waals surface area contributed by atoms with Crippen molar-refractivity contribution < 1.29 is 19.2 Å². The summed E-state index contributed by atoms with van der Waals surface area (Å²) < 4.78 is 0. The third-order valence-corrected chi connectivity index (χ3v) is 8.73. The number of amides is 4. The fourth-order valence-corrected chi connectivity index (χ4v) is 6.95. The van der Waals surface area contributed by atoms with Gasteiger partial charge in [-0.25, -0.2) is 0 Å². The summed E-state index contributed by atoms with van der Waals surface area (Å²) >= 11 is 0. The lowest BCUT2D eigenvalue weighted by atomic mass is 9.59. The number of fused-ring (bicyclic) bond motifs is 2. The fraction of sp³-hybridized carbons (Fsp3) is 0.600. The smallest absolute Gasteiger partial charge is 0.262 e. The predicted molar refractivity (Wildman–Crippen MR) is 119 cm³/mol. The van der Waals surface area contributed by atoms with E-state index in [9.17, 15) is 19.2 Å². The van der Waals surface area contributed by atoms with Gasteiger partial charge in [-0.1, -0.05) is 6.07 Å². The maximum Gasteiger partial charge on any atom is 0.262 e. The molecule has 33 heavy (non-hydrogen) atoms. The van der Waals surface area contributed by atoms with Gasteiger partial charge in [-0.05, 0) is 81.1 Å². The van der Waals surface area contributed by atoms with Crippen molar-refractivity contribution in [2.24, 2.45) is 11.8 Å². The van der Waals surface area contributed by atoms with Crippen molar-refractivity contribution >= 4 is 23.6 Å². The second-order valence-corrected chi connectivity index (χ2v) is 10.4. The van der Waals surface area contributed by atoms with Gasteiger partial charge in [0.1, 0.15) is 6.04 Å². The van der Waals surface area contributed by atoms with Crippen LogP contribution >= 0.6 is 0 Å². The molecule has 3 saturated heterocycles. The number of benzene rings is 1. The van der Waals surface area contributed by atoms with Crippen LogP contribution in [0.25, 0.3) is 0 Å². The number of imide groups is 2. The van der Waals surface area contributed by atoms with Crippen LogP contribution in [0.3, 0.4) is 0 Å². The second kappa shape index (κ2) is 7.74. The molecule has 8 nitrogen and oxygen atoms in total. The minimum atomic E-state index is -0.921. The van der Waals surface area contributed by atoms with Crippen molar-refractivity contribution in [3.05, 3.63) is 34.9 Å². The molecule has 4 heterocycles. The fourth-order valence-electron chi connectivity index (χ4n) is 6.95. The number of piperidine rings is 2. The maximum absolute atomic E-state index is 13.1. The topological polar surface area (TPSA) is 98.8 Å². The zero-order valence-electron chi connectivity index (χ0n) is 18.8. The zero-order chi connectivity index (χ0) is 22.7. The van der Waals surface area contributed by atoms with Gasteiger partial charge in [-0.2, -0.15) is 0 Å². The summed E-state index contributed by atoms with van der Waals surface area (Å²) in [4.78, 5) is 53.3. The van der Waals surface area contributed by atoms with E-state index in [1.807, 2.05) is 12.1 Å².